The van der Waals surface area contributed by atoms with Crippen LogP contribution in [0.1, 0.15) is 32.8 Å². The van der Waals surface area contributed by atoms with Crippen LogP contribution in [0.3, 0.4) is 0 Å². The third-order valence-corrected chi connectivity index (χ3v) is 3.17. The standard InChI is InChI=1S/C15H24N2O/c1-12(16-4)14(18)17-15(2,3)11-10-13-8-6-5-7-9-13/h5-9,12,16H,10-11H2,1-4H3,(H,17,18). The first kappa shape index (κ1) is 14.7. The molecule has 1 unspecified atom stereocenters. The van der Waals surface area contributed by atoms with Crippen LogP contribution in [-0.2, 0) is 11.2 Å². The van der Waals surface area contributed by atoms with Gasteiger partial charge in [0.25, 0.3) is 0 Å². The van der Waals surface area contributed by atoms with Crippen molar-refractivity contribution in [2.75, 3.05) is 7.05 Å². The van der Waals surface area contributed by atoms with Crippen molar-refractivity contribution in [3.63, 3.8) is 0 Å². The van der Waals surface area contributed by atoms with E-state index in [1.807, 2.05) is 25.1 Å². The predicted molar refractivity (Wildman–Crippen MR) is 75.5 cm³/mol. The topological polar surface area (TPSA) is 41.1 Å². The fourth-order valence-electron chi connectivity index (χ4n) is 1.74. The minimum Gasteiger partial charge on any atom is -0.350 e. The largest absolute Gasteiger partial charge is 0.350 e. The molecule has 3 heteroatoms. The molecule has 1 amide bonds. The molecule has 0 aliphatic carbocycles. The van der Waals surface area contributed by atoms with E-state index >= 15 is 0 Å². The van der Waals surface area contributed by atoms with Crippen molar-refractivity contribution in [2.24, 2.45) is 0 Å². The van der Waals surface area contributed by atoms with E-state index in [1.54, 1.807) is 7.05 Å². The van der Waals surface area contributed by atoms with Crippen LogP contribution in [0.5, 0.6) is 0 Å². The zero-order chi connectivity index (χ0) is 13.6. The molecule has 0 aliphatic heterocycles. The summed E-state index contributed by atoms with van der Waals surface area (Å²) in [6.45, 7) is 6.00. The van der Waals surface area contributed by atoms with Crippen molar-refractivity contribution in [3.05, 3.63) is 35.9 Å². The Labute approximate surface area is 110 Å². The van der Waals surface area contributed by atoms with Gasteiger partial charge in [-0.25, -0.2) is 0 Å². The zero-order valence-corrected chi connectivity index (χ0v) is 11.8. The molecule has 0 aliphatic rings. The van der Waals surface area contributed by atoms with E-state index < -0.39 is 0 Å². The van der Waals surface area contributed by atoms with Crippen molar-refractivity contribution in [3.8, 4) is 0 Å². The molecule has 0 saturated heterocycles. The monoisotopic (exact) mass is 248 g/mol. The molecule has 0 spiro atoms. The van der Waals surface area contributed by atoms with Crippen LogP contribution in [0.25, 0.3) is 0 Å². The maximum Gasteiger partial charge on any atom is 0.237 e. The number of likely N-dealkylation sites (N-methyl/N-ethyl adjacent to an activating group) is 1. The van der Waals surface area contributed by atoms with Gasteiger partial charge in [-0.2, -0.15) is 0 Å². The summed E-state index contributed by atoms with van der Waals surface area (Å²) in [5.74, 6) is 0.0514. The molecule has 3 nitrogen and oxygen atoms in total. The third kappa shape index (κ3) is 4.88. The van der Waals surface area contributed by atoms with Gasteiger partial charge >= 0.3 is 0 Å². The van der Waals surface area contributed by atoms with E-state index in [9.17, 15) is 4.79 Å². The summed E-state index contributed by atoms with van der Waals surface area (Å²) in [5.41, 5.74) is 1.12. The van der Waals surface area contributed by atoms with Gasteiger partial charge in [0, 0.05) is 5.54 Å². The van der Waals surface area contributed by atoms with Crippen LogP contribution in [-0.4, -0.2) is 24.5 Å². The highest BCUT2D eigenvalue weighted by molar-refractivity contribution is 5.81. The van der Waals surface area contributed by atoms with E-state index in [4.69, 9.17) is 0 Å². The highest BCUT2D eigenvalue weighted by atomic mass is 16.2. The number of hydrogen-bond acceptors (Lipinski definition) is 2. The van der Waals surface area contributed by atoms with Crippen LogP contribution in [0.2, 0.25) is 0 Å². The van der Waals surface area contributed by atoms with E-state index in [0.29, 0.717) is 0 Å². The fourth-order valence-corrected chi connectivity index (χ4v) is 1.74. The van der Waals surface area contributed by atoms with Crippen LogP contribution in [0.4, 0.5) is 0 Å². The van der Waals surface area contributed by atoms with E-state index in [2.05, 4.69) is 36.6 Å². The fraction of sp³-hybridized carbons (Fsp3) is 0.533. The number of carbonyl (C=O) groups is 1. The summed E-state index contributed by atoms with van der Waals surface area (Å²) in [6, 6.07) is 10.2. The minimum atomic E-state index is -0.183. The van der Waals surface area contributed by atoms with E-state index in [-0.39, 0.29) is 17.5 Å². The highest BCUT2D eigenvalue weighted by Gasteiger charge is 2.22. The van der Waals surface area contributed by atoms with Gasteiger partial charge < -0.3 is 10.6 Å². The second-order valence-corrected chi connectivity index (χ2v) is 5.37. The minimum absolute atomic E-state index is 0.0514. The van der Waals surface area contributed by atoms with Crippen molar-refractivity contribution in [2.45, 2.75) is 45.2 Å². The maximum absolute atomic E-state index is 11.8. The number of aryl methyl sites for hydroxylation is 1. The predicted octanol–water partition coefficient (Wildman–Crippen LogP) is 2.12. The SMILES string of the molecule is CNC(C)C(=O)NC(C)(C)CCc1ccccc1. The second kappa shape index (κ2) is 6.55. The summed E-state index contributed by atoms with van der Waals surface area (Å²) in [6.07, 6.45) is 1.90. The van der Waals surface area contributed by atoms with Crippen LogP contribution in [0, 0.1) is 0 Å². The lowest BCUT2D eigenvalue weighted by molar-refractivity contribution is -0.124. The Bertz CT molecular complexity index is 373. The Balaban J connectivity index is 2.47. The molecule has 100 valence electrons. The Morgan fingerprint density at radius 2 is 1.89 bits per heavy atom. The smallest absolute Gasteiger partial charge is 0.237 e. The maximum atomic E-state index is 11.8. The Morgan fingerprint density at radius 3 is 2.44 bits per heavy atom. The van der Waals surface area contributed by atoms with Crippen LogP contribution >= 0.6 is 0 Å². The molecule has 0 aromatic heterocycles. The number of amides is 1. The summed E-state index contributed by atoms with van der Waals surface area (Å²) < 4.78 is 0. The summed E-state index contributed by atoms with van der Waals surface area (Å²) >= 11 is 0. The summed E-state index contributed by atoms with van der Waals surface area (Å²) in [5, 5.41) is 6.02. The lowest BCUT2D eigenvalue weighted by Crippen LogP contribution is -2.50. The first-order valence-electron chi connectivity index (χ1n) is 6.48. The van der Waals surface area contributed by atoms with Gasteiger partial charge in [0.05, 0.1) is 6.04 Å². The van der Waals surface area contributed by atoms with Gasteiger partial charge in [-0.15, -0.1) is 0 Å². The number of benzene rings is 1. The normalized spacial score (nSPS) is 13.1. The molecule has 2 N–H and O–H groups in total. The van der Waals surface area contributed by atoms with Gasteiger partial charge in [-0.05, 0) is 46.2 Å². The van der Waals surface area contributed by atoms with Gasteiger partial charge in [-0.3, -0.25) is 4.79 Å². The van der Waals surface area contributed by atoms with Gasteiger partial charge in [0.1, 0.15) is 0 Å². The van der Waals surface area contributed by atoms with Crippen molar-refractivity contribution in [1.29, 1.82) is 0 Å². The van der Waals surface area contributed by atoms with E-state index in [0.717, 1.165) is 12.8 Å². The molecule has 1 rings (SSSR count). The Kier molecular flexibility index (Phi) is 5.35. The molecular formula is C15H24N2O. The van der Waals surface area contributed by atoms with Gasteiger partial charge in [0.15, 0.2) is 0 Å². The summed E-state index contributed by atoms with van der Waals surface area (Å²) in [4.78, 5) is 11.8. The summed E-state index contributed by atoms with van der Waals surface area (Å²) in [7, 11) is 1.79. The lowest BCUT2D eigenvalue weighted by atomic mass is 9.95. The molecular weight excluding hydrogens is 224 g/mol. The number of hydrogen-bond donors (Lipinski definition) is 2. The van der Waals surface area contributed by atoms with Crippen molar-refractivity contribution < 1.29 is 4.79 Å². The van der Waals surface area contributed by atoms with Gasteiger partial charge in [-0.1, -0.05) is 30.3 Å². The third-order valence-electron chi connectivity index (χ3n) is 3.17. The molecule has 18 heavy (non-hydrogen) atoms. The molecule has 0 radical (unpaired) electrons. The molecule has 0 heterocycles. The van der Waals surface area contributed by atoms with Crippen LogP contribution in [0.15, 0.2) is 30.3 Å². The average Bonchev–Trinajstić information content (AvgIpc) is 2.36. The highest BCUT2D eigenvalue weighted by Crippen LogP contribution is 2.13. The Hall–Kier alpha value is -1.35. The number of nitrogens with one attached hydrogen (secondary N) is 2. The zero-order valence-electron chi connectivity index (χ0n) is 11.8. The first-order valence-corrected chi connectivity index (χ1v) is 6.48. The van der Waals surface area contributed by atoms with Crippen molar-refractivity contribution >= 4 is 5.91 Å². The molecule has 1 atom stereocenters. The number of carbonyl (C=O) groups excluding carboxylic acids is 1. The average molecular weight is 248 g/mol. The Morgan fingerprint density at radius 1 is 1.28 bits per heavy atom. The molecule has 1 aromatic rings. The lowest BCUT2D eigenvalue weighted by Gasteiger charge is -2.28. The molecule has 0 saturated carbocycles. The second-order valence-electron chi connectivity index (χ2n) is 5.37. The van der Waals surface area contributed by atoms with Crippen molar-refractivity contribution in [1.82, 2.24) is 10.6 Å². The molecule has 0 bridgehead atoms. The van der Waals surface area contributed by atoms with Gasteiger partial charge in [0.2, 0.25) is 5.91 Å². The molecule has 0 fully saturated rings. The molecule has 1 aromatic carbocycles. The van der Waals surface area contributed by atoms with Crippen LogP contribution < -0.4 is 10.6 Å². The first-order chi connectivity index (χ1) is 8.44. The van der Waals surface area contributed by atoms with E-state index in [1.165, 1.54) is 5.56 Å². The quantitative estimate of drug-likeness (QED) is 0.809. The number of rotatable bonds is 6.